The summed E-state index contributed by atoms with van der Waals surface area (Å²) in [6.45, 7) is 10.1. The molecule has 82 valence electrons. The van der Waals surface area contributed by atoms with Gasteiger partial charge in [-0.3, -0.25) is 0 Å². The van der Waals surface area contributed by atoms with E-state index in [-0.39, 0.29) is 0 Å². The zero-order chi connectivity index (χ0) is 10.3. The minimum absolute atomic E-state index is 0.834. The molecular weight excluding hydrogens is 180 g/mol. The molecule has 8 atom stereocenters. The molecule has 4 aliphatic rings. The van der Waals surface area contributed by atoms with E-state index in [1.54, 1.807) is 6.42 Å². The Bertz CT molecular complexity index is 375. The van der Waals surface area contributed by atoms with Gasteiger partial charge in [0.25, 0.3) is 0 Å². The van der Waals surface area contributed by atoms with Crippen LogP contribution in [0.1, 0.15) is 34.1 Å². The van der Waals surface area contributed by atoms with E-state index in [0.29, 0.717) is 0 Å². The molecule has 0 aromatic heterocycles. The lowest BCUT2D eigenvalue weighted by molar-refractivity contribution is -0.314. The van der Waals surface area contributed by atoms with Crippen molar-refractivity contribution in [1.29, 1.82) is 0 Å². The van der Waals surface area contributed by atoms with Gasteiger partial charge in [-0.25, -0.2) is 0 Å². The molecule has 0 bridgehead atoms. The van der Waals surface area contributed by atoms with Crippen LogP contribution in [-0.4, -0.2) is 0 Å². The second-order valence-electron chi connectivity index (χ2n) is 7.88. The van der Waals surface area contributed by atoms with E-state index in [1.807, 2.05) is 0 Å². The van der Waals surface area contributed by atoms with Gasteiger partial charge in [0.15, 0.2) is 0 Å². The lowest BCUT2D eigenvalue weighted by Crippen LogP contribution is -2.74. The van der Waals surface area contributed by atoms with E-state index in [4.69, 9.17) is 0 Å². The maximum absolute atomic E-state index is 2.53. The van der Waals surface area contributed by atoms with E-state index >= 15 is 0 Å². The third kappa shape index (κ3) is 0.389. The molecule has 0 aromatic rings. The molecule has 4 aliphatic carbocycles. The molecule has 0 aromatic carbocycles. The van der Waals surface area contributed by atoms with Crippen LogP contribution in [0.15, 0.2) is 0 Å². The molecule has 4 rings (SSSR count). The average Bonchev–Trinajstić information content (AvgIpc) is 2.79. The highest BCUT2D eigenvalue weighted by Crippen LogP contribution is 3.05. The van der Waals surface area contributed by atoms with Crippen molar-refractivity contribution in [3.8, 4) is 0 Å². The standard InChI is InChI=1S/C15H22/c1-6(2)14-5-8-9-10-11(8)15(14,7(3)4)13(9)12(10)14/h6-13H,5H2,1-4H3/t8?,9?,10?,11-,12?,13?,14+,15?/m0/s1. The van der Waals surface area contributed by atoms with Crippen molar-refractivity contribution < 1.29 is 0 Å². The molecule has 4 fully saturated rings. The topological polar surface area (TPSA) is 0 Å². The molecule has 6 unspecified atom stereocenters. The molecule has 0 heteroatoms. The number of hydrogen-bond acceptors (Lipinski definition) is 0. The van der Waals surface area contributed by atoms with Crippen molar-refractivity contribution >= 4 is 0 Å². The molecule has 0 spiro atoms. The van der Waals surface area contributed by atoms with E-state index in [9.17, 15) is 0 Å². The summed E-state index contributed by atoms with van der Waals surface area (Å²) >= 11 is 0. The fourth-order valence-electron chi connectivity index (χ4n) is 8.59. The Labute approximate surface area is 92.8 Å². The number of hydrogen-bond donors (Lipinski definition) is 0. The summed E-state index contributed by atoms with van der Waals surface area (Å²) in [5.74, 6) is 9.23. The van der Waals surface area contributed by atoms with Crippen molar-refractivity contribution in [2.24, 2.45) is 58.2 Å². The van der Waals surface area contributed by atoms with Gasteiger partial charge in [-0.1, -0.05) is 27.7 Å². The summed E-state index contributed by atoms with van der Waals surface area (Å²) in [7, 11) is 0. The monoisotopic (exact) mass is 202 g/mol. The predicted octanol–water partition coefficient (Wildman–Crippen LogP) is 3.43. The highest BCUT2D eigenvalue weighted by Gasteiger charge is 3.02. The second kappa shape index (κ2) is 1.73. The number of fused-ring (bicyclic) bond motifs is 11. The van der Waals surface area contributed by atoms with Crippen molar-refractivity contribution in [2.75, 3.05) is 0 Å². The smallest absolute Gasteiger partial charge is 0.0145 e. The van der Waals surface area contributed by atoms with Crippen molar-refractivity contribution in [2.45, 2.75) is 34.1 Å². The minimum Gasteiger partial charge on any atom is -0.0622 e. The first-order valence-corrected chi connectivity index (χ1v) is 7.10. The Morgan fingerprint density at radius 2 is 1.60 bits per heavy atom. The van der Waals surface area contributed by atoms with Crippen LogP contribution in [0, 0.1) is 58.2 Å². The van der Waals surface area contributed by atoms with Gasteiger partial charge < -0.3 is 0 Å². The molecule has 0 radical (unpaired) electrons. The zero-order valence-electron chi connectivity index (χ0n) is 10.3. The summed E-state index contributed by atoms with van der Waals surface area (Å²) in [6.07, 6.45) is 1.63. The molecular formula is C15H22. The predicted molar refractivity (Wildman–Crippen MR) is 60.1 cm³/mol. The minimum atomic E-state index is 0.834. The summed E-state index contributed by atoms with van der Waals surface area (Å²) < 4.78 is 0. The molecule has 0 nitrogen and oxygen atoms in total. The zero-order valence-corrected chi connectivity index (χ0v) is 10.3. The average molecular weight is 202 g/mol. The van der Waals surface area contributed by atoms with Crippen LogP contribution in [0.3, 0.4) is 0 Å². The quantitative estimate of drug-likeness (QED) is 0.602. The Hall–Kier alpha value is 0. The Morgan fingerprint density at radius 3 is 1.93 bits per heavy atom. The van der Waals surface area contributed by atoms with Crippen LogP contribution in [0.5, 0.6) is 0 Å². The van der Waals surface area contributed by atoms with Crippen molar-refractivity contribution in [1.82, 2.24) is 0 Å². The maximum atomic E-state index is 2.53. The van der Waals surface area contributed by atoms with Crippen LogP contribution in [0.2, 0.25) is 0 Å². The van der Waals surface area contributed by atoms with Gasteiger partial charge in [-0.15, -0.1) is 0 Å². The molecule has 15 heavy (non-hydrogen) atoms. The Balaban J connectivity index is 1.78. The number of rotatable bonds is 2. The molecule has 0 heterocycles. The summed E-state index contributed by atoms with van der Waals surface area (Å²) in [4.78, 5) is 0. The second-order valence-corrected chi connectivity index (χ2v) is 7.88. The van der Waals surface area contributed by atoms with Crippen LogP contribution in [0.4, 0.5) is 0 Å². The van der Waals surface area contributed by atoms with Crippen LogP contribution in [-0.2, 0) is 0 Å². The third-order valence-corrected chi connectivity index (χ3v) is 8.09. The van der Waals surface area contributed by atoms with Gasteiger partial charge in [0.2, 0.25) is 0 Å². The normalized spacial score (nSPS) is 74.8. The first-order valence-electron chi connectivity index (χ1n) is 7.10. The molecule has 0 amide bonds. The first-order chi connectivity index (χ1) is 7.10. The molecule has 0 saturated heterocycles. The van der Waals surface area contributed by atoms with Gasteiger partial charge >= 0.3 is 0 Å². The Kier molecular flexibility index (Phi) is 0.938. The van der Waals surface area contributed by atoms with E-state index in [2.05, 4.69) is 27.7 Å². The van der Waals surface area contributed by atoms with E-state index in [0.717, 1.165) is 22.7 Å². The fourth-order valence-corrected chi connectivity index (χ4v) is 8.59. The van der Waals surface area contributed by atoms with E-state index < -0.39 is 0 Å². The third-order valence-electron chi connectivity index (χ3n) is 8.09. The highest BCUT2D eigenvalue weighted by molar-refractivity contribution is 5.48. The lowest BCUT2D eigenvalue weighted by Gasteiger charge is -2.78. The Morgan fingerprint density at radius 1 is 0.867 bits per heavy atom. The summed E-state index contributed by atoms with van der Waals surface area (Å²) in [5.41, 5.74) is 1.69. The van der Waals surface area contributed by atoms with Gasteiger partial charge in [-0.2, -0.15) is 0 Å². The molecule has 0 N–H and O–H groups in total. The van der Waals surface area contributed by atoms with Gasteiger partial charge in [0.05, 0.1) is 0 Å². The summed E-state index contributed by atoms with van der Waals surface area (Å²) in [5, 5.41) is 0. The highest BCUT2D eigenvalue weighted by atomic mass is 15.1. The van der Waals surface area contributed by atoms with Crippen molar-refractivity contribution in [3.05, 3.63) is 0 Å². The first kappa shape index (κ1) is 8.14. The summed E-state index contributed by atoms with van der Waals surface area (Å²) in [6, 6.07) is 0. The largest absolute Gasteiger partial charge is 0.0622 e. The molecule has 0 aliphatic heterocycles. The lowest BCUT2D eigenvalue weighted by atomic mass is 9.26. The van der Waals surface area contributed by atoms with Gasteiger partial charge in [0, 0.05) is 0 Å². The van der Waals surface area contributed by atoms with Crippen LogP contribution >= 0.6 is 0 Å². The maximum Gasteiger partial charge on any atom is -0.0145 e. The van der Waals surface area contributed by atoms with Crippen molar-refractivity contribution in [3.63, 3.8) is 0 Å². The fraction of sp³-hybridized carbons (Fsp3) is 1.00. The van der Waals surface area contributed by atoms with Crippen LogP contribution < -0.4 is 0 Å². The van der Waals surface area contributed by atoms with Gasteiger partial charge in [0.1, 0.15) is 0 Å². The SMILES string of the molecule is CC(C)C12C3C4C5C[C@@]1(C(C)C)C3C4[C@H]52. The van der Waals surface area contributed by atoms with Crippen LogP contribution in [0.25, 0.3) is 0 Å². The molecule has 4 saturated carbocycles. The van der Waals surface area contributed by atoms with E-state index in [1.165, 1.54) is 35.5 Å². The van der Waals surface area contributed by atoms with Gasteiger partial charge in [-0.05, 0) is 64.6 Å².